The Kier molecular flexibility index (Phi) is 8.06. The molecule has 0 amide bonds. The van der Waals surface area contributed by atoms with Crippen molar-refractivity contribution in [1.29, 1.82) is 0 Å². The molecule has 0 atom stereocenters. The Bertz CT molecular complexity index is 741. The minimum atomic E-state index is -3.22. The van der Waals surface area contributed by atoms with E-state index in [0.717, 1.165) is 0 Å². The Balaban J connectivity index is 2.75. The fraction of sp³-hybridized carbons (Fsp3) is 1.00. The normalized spacial score (nSPS) is 29.7. The van der Waals surface area contributed by atoms with Crippen LogP contribution in [-0.2, 0) is 0 Å². The quantitative estimate of drug-likeness (QED) is 0.345. The third-order valence-corrected chi connectivity index (χ3v) is 55.6. The first kappa shape index (κ1) is 31.6. The van der Waals surface area contributed by atoms with Crippen LogP contribution in [-0.4, -0.2) is 90.9 Å². The highest BCUT2D eigenvalue weighted by molar-refractivity contribution is 7.18. The zero-order valence-electron chi connectivity index (χ0n) is 24.5. The average Bonchev–Trinajstić information content (AvgIpc) is 2.33. The second-order valence-corrected chi connectivity index (χ2v) is 48.3. The van der Waals surface area contributed by atoms with Crippen LogP contribution in [0.1, 0.15) is 0 Å². The second-order valence-electron chi connectivity index (χ2n) is 14.0. The fourth-order valence-electron chi connectivity index (χ4n) is 8.48. The Labute approximate surface area is 216 Å². The van der Waals surface area contributed by atoms with Gasteiger partial charge in [0.2, 0.25) is 0 Å². The molecule has 0 aromatic carbocycles. The molecule has 18 heteroatoms. The molecule has 0 aromatic heterocycles. The van der Waals surface area contributed by atoms with E-state index in [1.807, 2.05) is 0 Å². The van der Waals surface area contributed by atoms with Crippen molar-refractivity contribution in [1.82, 2.24) is 25.4 Å². The smallest absolute Gasteiger partial charge is 0.337 e. The van der Waals surface area contributed by atoms with Crippen LogP contribution >= 0.6 is 0 Å². The molecule has 2 rings (SSSR count). The van der Waals surface area contributed by atoms with Crippen molar-refractivity contribution in [3.8, 4) is 0 Å². The van der Waals surface area contributed by atoms with Crippen molar-refractivity contribution in [2.45, 2.75) is 105 Å². The SMILES string of the molecule is C[Si](C)(F)N1[Si](C)(C)N[Si](C)(C)N(B(F)N2[Si](C)(C)N[Si](C)(C)N([Si](C)(C)F)[Si]2(C)C)[Si]1(C)C. The van der Waals surface area contributed by atoms with Crippen LogP contribution in [0, 0.1) is 0 Å². The van der Waals surface area contributed by atoms with E-state index in [1.54, 1.807) is 26.2 Å². The third kappa shape index (κ3) is 5.27. The molecule has 6 nitrogen and oxygen atoms in total. The first-order valence-corrected chi connectivity index (χ1v) is 35.6. The molecule has 34 heavy (non-hydrogen) atoms. The highest BCUT2D eigenvalue weighted by atomic mass is 28.5. The maximum Gasteiger partial charge on any atom is 0.497 e. The predicted octanol–water partition coefficient (Wildman–Crippen LogP) is 4.91. The Morgan fingerprint density at radius 2 is 0.765 bits per heavy atom. The van der Waals surface area contributed by atoms with Gasteiger partial charge in [-0.05, 0) is 105 Å². The molecule has 2 N–H and O–H groups in total. The van der Waals surface area contributed by atoms with Crippen molar-refractivity contribution in [3.05, 3.63) is 0 Å². The molecule has 2 fully saturated rings. The summed E-state index contributed by atoms with van der Waals surface area (Å²) in [6.07, 6.45) is 0. The number of nitrogens with zero attached hydrogens (tertiary/aromatic N) is 4. The van der Waals surface area contributed by atoms with E-state index in [9.17, 15) is 0 Å². The van der Waals surface area contributed by atoms with Gasteiger partial charge in [-0.15, -0.1) is 0 Å². The zero-order chi connectivity index (χ0) is 27.3. The summed E-state index contributed by atoms with van der Waals surface area (Å²) in [6.45, 7) is 33.0. The molecule has 2 aliphatic rings. The molecule has 0 aromatic rings. The minimum Gasteiger partial charge on any atom is -0.337 e. The lowest BCUT2D eigenvalue weighted by molar-refractivity contribution is 0.547. The molecule has 2 saturated heterocycles. The molecule has 2 heterocycles. The summed E-state index contributed by atoms with van der Waals surface area (Å²) in [5.74, 6) is 0. The number of rotatable bonds is 4. The van der Waals surface area contributed by atoms with Gasteiger partial charge in [-0.2, -0.15) is 0 Å². The van der Waals surface area contributed by atoms with Gasteiger partial charge in [0.25, 0.3) is 0 Å². The maximum atomic E-state index is 17.5. The van der Waals surface area contributed by atoms with Crippen LogP contribution in [0.5, 0.6) is 0 Å². The summed E-state index contributed by atoms with van der Waals surface area (Å²) in [5.41, 5.74) is 0. The topological polar surface area (TPSA) is 37.0 Å². The average molecular weight is 619 g/mol. The van der Waals surface area contributed by atoms with Gasteiger partial charge in [0.15, 0.2) is 50.4 Å². The number of halogens is 3. The van der Waals surface area contributed by atoms with Crippen molar-refractivity contribution < 1.29 is 12.5 Å². The second kappa shape index (κ2) is 8.68. The molecule has 0 aliphatic carbocycles. The van der Waals surface area contributed by atoms with Gasteiger partial charge in [-0.25, -0.2) is 0 Å². The standard InChI is InChI=1S/C16H50BF3N6Si8/c1-27(2,19)25-31(9,10)21-29(5,6)23(33(25,13)14)17(18)24-30(7,8)22-32(11,12)26(28(3,4)20)34(24,15)16/h21-22H,1-16H3. The first-order valence-electron chi connectivity index (χ1n) is 12.3. The lowest BCUT2D eigenvalue weighted by Gasteiger charge is -2.69. The number of hydrogen-bond acceptors (Lipinski definition) is 6. The van der Waals surface area contributed by atoms with Crippen molar-refractivity contribution in [2.75, 3.05) is 0 Å². The van der Waals surface area contributed by atoms with Gasteiger partial charge in [0, 0.05) is 0 Å². The lowest BCUT2D eigenvalue weighted by Crippen LogP contribution is -2.98. The summed E-state index contributed by atoms with van der Waals surface area (Å²) in [7, 11) is -22.7. The number of hydrogen-bond donors (Lipinski definition) is 2. The summed E-state index contributed by atoms with van der Waals surface area (Å²) in [6, 6.07) is 0. The Morgan fingerprint density at radius 3 is 0.971 bits per heavy atom. The van der Waals surface area contributed by atoms with Gasteiger partial charge >= 0.3 is 24.4 Å². The van der Waals surface area contributed by atoms with Crippen molar-refractivity contribution >= 4 is 74.8 Å². The molecule has 2 aliphatic heterocycles. The van der Waals surface area contributed by atoms with E-state index in [4.69, 9.17) is 0 Å². The molecule has 0 saturated carbocycles. The van der Waals surface area contributed by atoms with E-state index >= 15 is 12.5 Å². The predicted molar refractivity (Wildman–Crippen MR) is 163 cm³/mol. The summed E-state index contributed by atoms with van der Waals surface area (Å²) < 4.78 is 65.6. The van der Waals surface area contributed by atoms with Crippen LogP contribution < -0.4 is 9.30 Å². The van der Waals surface area contributed by atoms with Crippen LogP contribution in [0.25, 0.3) is 0 Å². The highest BCUT2D eigenvalue weighted by Gasteiger charge is 2.70. The van der Waals surface area contributed by atoms with Gasteiger partial charge in [-0.3, -0.25) is 12.5 Å². The summed E-state index contributed by atoms with van der Waals surface area (Å²) in [4.78, 5) is 0. The van der Waals surface area contributed by atoms with E-state index in [0.29, 0.717) is 0 Å². The molecular formula is C16H50BF3N6Si8. The van der Waals surface area contributed by atoms with Gasteiger partial charge in [-0.1, -0.05) is 0 Å². The fourth-order valence-corrected chi connectivity index (χ4v) is 74.8. The van der Waals surface area contributed by atoms with E-state index < -0.39 is 74.8 Å². The largest absolute Gasteiger partial charge is 0.497 e. The summed E-state index contributed by atoms with van der Waals surface area (Å²) >= 11 is 0. The number of nitrogens with one attached hydrogen (secondary N) is 2. The molecule has 0 unspecified atom stereocenters. The minimum absolute atomic E-state index is 1.36. The van der Waals surface area contributed by atoms with Gasteiger partial charge < -0.3 is 25.4 Å². The van der Waals surface area contributed by atoms with Crippen LogP contribution in [0.4, 0.5) is 12.5 Å². The van der Waals surface area contributed by atoms with Gasteiger partial charge in [0.05, 0.1) is 0 Å². The van der Waals surface area contributed by atoms with Crippen molar-refractivity contribution in [2.24, 2.45) is 0 Å². The Hall–Kier alpha value is 1.35. The molecular weight excluding hydrogens is 569 g/mol. The zero-order valence-corrected chi connectivity index (χ0v) is 32.5. The monoisotopic (exact) mass is 618 g/mol. The lowest BCUT2D eigenvalue weighted by atomic mass is 10.2. The maximum absolute atomic E-state index is 17.5. The molecule has 0 bridgehead atoms. The van der Waals surface area contributed by atoms with E-state index in [-0.39, 0.29) is 0 Å². The van der Waals surface area contributed by atoms with Crippen LogP contribution in [0.3, 0.4) is 0 Å². The van der Waals surface area contributed by atoms with Crippen LogP contribution in [0.2, 0.25) is 105 Å². The third-order valence-electron chi connectivity index (χ3n) is 7.31. The van der Waals surface area contributed by atoms with E-state index in [2.05, 4.69) is 104 Å². The van der Waals surface area contributed by atoms with Gasteiger partial charge in [0.1, 0.15) is 0 Å². The van der Waals surface area contributed by atoms with Crippen molar-refractivity contribution in [3.63, 3.8) is 0 Å². The Morgan fingerprint density at radius 1 is 0.529 bits per heavy atom. The first-order chi connectivity index (χ1) is 14.5. The molecule has 0 spiro atoms. The van der Waals surface area contributed by atoms with Crippen LogP contribution in [0.15, 0.2) is 0 Å². The molecule has 200 valence electrons. The summed E-state index contributed by atoms with van der Waals surface area (Å²) in [5, 5.41) is 0. The highest BCUT2D eigenvalue weighted by Crippen LogP contribution is 2.42. The molecule has 0 radical (unpaired) electrons. The van der Waals surface area contributed by atoms with E-state index in [1.165, 1.54) is 0 Å².